The first kappa shape index (κ1) is 16.5. The molecule has 0 spiro atoms. The van der Waals surface area contributed by atoms with Crippen LogP contribution in [0.2, 0.25) is 0 Å². The Balaban J connectivity index is 1.66. The van der Waals surface area contributed by atoms with Gasteiger partial charge in [0.2, 0.25) is 5.91 Å². The summed E-state index contributed by atoms with van der Waals surface area (Å²) in [6, 6.07) is 8.94. The average Bonchev–Trinajstić information content (AvgIpc) is 3.08. The number of rotatable bonds is 4. The largest absolute Gasteiger partial charge is 0.374 e. The van der Waals surface area contributed by atoms with Crippen LogP contribution in [0.25, 0.3) is 0 Å². The molecule has 2 amide bonds. The zero-order valence-electron chi connectivity index (χ0n) is 13.8. The molecule has 5 nitrogen and oxygen atoms in total. The Bertz CT molecular complexity index is 756. The summed E-state index contributed by atoms with van der Waals surface area (Å²) in [7, 11) is 1.60. The summed E-state index contributed by atoms with van der Waals surface area (Å²) >= 11 is 1.77. The van der Waals surface area contributed by atoms with Crippen molar-refractivity contribution in [2.45, 2.75) is 25.9 Å². The van der Waals surface area contributed by atoms with E-state index in [-0.39, 0.29) is 17.9 Å². The number of benzene rings is 1. The molecule has 6 heteroatoms. The molecule has 1 aromatic heterocycles. The molecule has 0 saturated carbocycles. The molecule has 0 radical (unpaired) electrons. The van der Waals surface area contributed by atoms with Crippen LogP contribution in [0.1, 0.15) is 27.7 Å². The number of fused-ring (bicyclic) bond motifs is 1. The van der Waals surface area contributed by atoms with E-state index in [2.05, 4.69) is 22.1 Å². The Labute approximate surface area is 145 Å². The third kappa shape index (κ3) is 3.43. The number of carbonyl (C=O) groups excluding carboxylic acids is 2. The minimum Gasteiger partial charge on any atom is -0.374 e. The number of anilines is 1. The lowest BCUT2D eigenvalue weighted by Crippen LogP contribution is -2.43. The second-order valence-corrected chi connectivity index (χ2v) is 6.91. The summed E-state index contributed by atoms with van der Waals surface area (Å²) in [6.07, 6.45) is 0.928. The fraction of sp³-hybridized carbons (Fsp3) is 0.333. The van der Waals surface area contributed by atoms with E-state index in [1.54, 1.807) is 30.5 Å². The minimum atomic E-state index is -0.342. The average molecular weight is 343 g/mol. The Morgan fingerprint density at radius 2 is 2.12 bits per heavy atom. The Morgan fingerprint density at radius 1 is 1.29 bits per heavy atom. The van der Waals surface area contributed by atoms with Gasteiger partial charge in [-0.25, -0.2) is 0 Å². The molecule has 0 saturated heterocycles. The first-order chi connectivity index (χ1) is 11.6. The molecule has 2 aromatic rings. The van der Waals surface area contributed by atoms with Crippen LogP contribution < -0.4 is 10.6 Å². The molecule has 1 unspecified atom stereocenters. The maximum absolute atomic E-state index is 12.7. The number of nitrogens with one attached hydrogen (secondary N) is 2. The fourth-order valence-electron chi connectivity index (χ4n) is 2.92. The van der Waals surface area contributed by atoms with E-state index in [0.29, 0.717) is 12.1 Å². The van der Waals surface area contributed by atoms with Crippen molar-refractivity contribution in [1.82, 2.24) is 10.2 Å². The van der Waals surface area contributed by atoms with Crippen molar-refractivity contribution in [2.24, 2.45) is 0 Å². The quantitative estimate of drug-likeness (QED) is 0.897. The van der Waals surface area contributed by atoms with Crippen molar-refractivity contribution in [3.8, 4) is 0 Å². The van der Waals surface area contributed by atoms with E-state index in [1.165, 1.54) is 10.4 Å². The molecule has 0 aliphatic carbocycles. The van der Waals surface area contributed by atoms with Gasteiger partial charge in [0.1, 0.15) is 6.04 Å². The summed E-state index contributed by atoms with van der Waals surface area (Å²) < 4.78 is 0. The highest BCUT2D eigenvalue weighted by Gasteiger charge is 2.25. The van der Waals surface area contributed by atoms with Gasteiger partial charge in [-0.15, -0.1) is 11.3 Å². The Morgan fingerprint density at radius 3 is 2.92 bits per heavy atom. The zero-order valence-corrected chi connectivity index (χ0v) is 14.7. The molecule has 1 aromatic carbocycles. The third-order valence-corrected chi connectivity index (χ3v) is 5.25. The molecule has 2 heterocycles. The van der Waals surface area contributed by atoms with Gasteiger partial charge in [-0.3, -0.25) is 9.59 Å². The van der Waals surface area contributed by atoms with Crippen LogP contribution in [0.3, 0.4) is 0 Å². The topological polar surface area (TPSA) is 61.4 Å². The normalized spacial score (nSPS) is 14.7. The van der Waals surface area contributed by atoms with Gasteiger partial charge in [0, 0.05) is 36.3 Å². The van der Waals surface area contributed by atoms with Gasteiger partial charge in [-0.1, -0.05) is 6.07 Å². The first-order valence-corrected chi connectivity index (χ1v) is 8.89. The van der Waals surface area contributed by atoms with Crippen molar-refractivity contribution in [3.05, 3.63) is 51.7 Å². The number of amides is 2. The van der Waals surface area contributed by atoms with Gasteiger partial charge < -0.3 is 15.5 Å². The van der Waals surface area contributed by atoms with Gasteiger partial charge in [-0.05, 0) is 48.6 Å². The predicted molar refractivity (Wildman–Crippen MR) is 96.4 cm³/mol. The van der Waals surface area contributed by atoms with E-state index < -0.39 is 0 Å². The standard InChI is InChI=1S/C18H21N3O2S/c1-12(20-15-5-3-4-13(10-15)17(22)19-2)18(23)21-8-6-16-14(11-21)7-9-24-16/h3-5,7,9-10,12,20H,6,8,11H2,1-2H3,(H,19,22). The number of hydrogen-bond acceptors (Lipinski definition) is 4. The third-order valence-electron chi connectivity index (χ3n) is 4.22. The number of thiophene rings is 1. The highest BCUT2D eigenvalue weighted by Crippen LogP contribution is 2.24. The second kappa shape index (κ2) is 7.05. The lowest BCUT2D eigenvalue weighted by molar-refractivity contribution is -0.132. The smallest absolute Gasteiger partial charge is 0.251 e. The van der Waals surface area contributed by atoms with E-state index in [1.807, 2.05) is 24.0 Å². The molecule has 1 aliphatic heterocycles. The molecule has 3 rings (SSSR count). The number of nitrogens with zero attached hydrogens (tertiary/aromatic N) is 1. The van der Waals surface area contributed by atoms with Gasteiger partial charge in [0.05, 0.1) is 0 Å². The van der Waals surface area contributed by atoms with Gasteiger partial charge in [-0.2, -0.15) is 0 Å². The minimum absolute atomic E-state index is 0.0807. The van der Waals surface area contributed by atoms with E-state index in [9.17, 15) is 9.59 Å². The maximum atomic E-state index is 12.7. The molecule has 0 fully saturated rings. The molecular weight excluding hydrogens is 322 g/mol. The van der Waals surface area contributed by atoms with Crippen molar-refractivity contribution in [1.29, 1.82) is 0 Å². The predicted octanol–water partition coefficient (Wildman–Crippen LogP) is 2.49. The molecule has 2 N–H and O–H groups in total. The fourth-order valence-corrected chi connectivity index (χ4v) is 3.81. The van der Waals surface area contributed by atoms with Gasteiger partial charge >= 0.3 is 0 Å². The highest BCUT2D eigenvalue weighted by atomic mass is 32.1. The van der Waals surface area contributed by atoms with Crippen LogP contribution in [0.5, 0.6) is 0 Å². The van der Waals surface area contributed by atoms with Gasteiger partial charge in [0.15, 0.2) is 0 Å². The van der Waals surface area contributed by atoms with Crippen LogP contribution in [0, 0.1) is 0 Å². The summed E-state index contributed by atoms with van der Waals surface area (Å²) in [5.41, 5.74) is 2.60. The van der Waals surface area contributed by atoms with E-state index in [4.69, 9.17) is 0 Å². The molecule has 1 atom stereocenters. The highest BCUT2D eigenvalue weighted by molar-refractivity contribution is 7.10. The van der Waals surface area contributed by atoms with E-state index >= 15 is 0 Å². The molecular formula is C18H21N3O2S. The monoisotopic (exact) mass is 343 g/mol. The molecule has 24 heavy (non-hydrogen) atoms. The summed E-state index contributed by atoms with van der Waals surface area (Å²) in [5.74, 6) is -0.0594. The second-order valence-electron chi connectivity index (χ2n) is 5.90. The summed E-state index contributed by atoms with van der Waals surface area (Å²) in [5, 5.41) is 7.90. The van der Waals surface area contributed by atoms with Crippen molar-refractivity contribution < 1.29 is 9.59 Å². The van der Waals surface area contributed by atoms with Crippen LogP contribution in [0.15, 0.2) is 35.7 Å². The van der Waals surface area contributed by atoms with Crippen LogP contribution in [-0.4, -0.2) is 36.3 Å². The Hall–Kier alpha value is -2.34. The number of carbonyl (C=O) groups is 2. The number of hydrogen-bond donors (Lipinski definition) is 2. The molecule has 126 valence electrons. The van der Waals surface area contributed by atoms with Crippen molar-refractivity contribution >= 4 is 28.8 Å². The van der Waals surface area contributed by atoms with Crippen LogP contribution >= 0.6 is 11.3 Å². The Kier molecular flexibility index (Phi) is 4.85. The summed E-state index contributed by atoms with van der Waals surface area (Å²) in [4.78, 5) is 27.7. The zero-order chi connectivity index (χ0) is 17.1. The first-order valence-electron chi connectivity index (χ1n) is 8.01. The summed E-state index contributed by atoms with van der Waals surface area (Å²) in [6.45, 7) is 3.30. The van der Waals surface area contributed by atoms with Crippen LogP contribution in [-0.2, 0) is 17.8 Å². The lowest BCUT2D eigenvalue weighted by atomic mass is 10.1. The SMILES string of the molecule is CNC(=O)c1cccc(NC(C)C(=O)N2CCc3sccc3C2)c1. The molecule has 0 bridgehead atoms. The van der Waals surface area contributed by atoms with Crippen molar-refractivity contribution in [3.63, 3.8) is 0 Å². The maximum Gasteiger partial charge on any atom is 0.251 e. The van der Waals surface area contributed by atoms with Gasteiger partial charge in [0.25, 0.3) is 5.91 Å². The van der Waals surface area contributed by atoms with E-state index in [0.717, 1.165) is 18.7 Å². The van der Waals surface area contributed by atoms with Crippen LogP contribution in [0.4, 0.5) is 5.69 Å². The van der Waals surface area contributed by atoms with Crippen molar-refractivity contribution in [2.75, 3.05) is 18.9 Å². The molecule has 1 aliphatic rings. The lowest BCUT2D eigenvalue weighted by Gasteiger charge is -2.30.